The normalized spacial score (nSPS) is 10.9. The maximum atomic E-state index is 12.9. The lowest BCUT2D eigenvalue weighted by atomic mass is 10.2. The van der Waals surface area contributed by atoms with Crippen LogP contribution in [0.25, 0.3) is 0 Å². The molecule has 0 bridgehead atoms. The quantitative estimate of drug-likeness (QED) is 0.670. The second-order valence-corrected chi connectivity index (χ2v) is 7.21. The maximum Gasteiger partial charge on any atom is 0.422 e. The molecule has 0 radical (unpaired) electrons. The molecule has 1 heterocycles. The Bertz CT molecular complexity index is 725. The van der Waals surface area contributed by atoms with Gasteiger partial charge >= 0.3 is 6.09 Å². The van der Waals surface area contributed by atoms with E-state index in [1.165, 1.54) is 4.90 Å². The van der Waals surface area contributed by atoms with Gasteiger partial charge in [0.1, 0.15) is 5.75 Å². The van der Waals surface area contributed by atoms with Crippen LogP contribution < -0.4 is 9.64 Å². The highest BCUT2D eigenvalue weighted by Gasteiger charge is 2.23. The fraction of sp³-hybridized carbons (Fsp3) is 0.476. The highest BCUT2D eigenvalue weighted by atomic mass is 35.5. The first-order valence-electron chi connectivity index (χ1n) is 9.40. The number of amides is 1. The molecule has 1 aromatic carbocycles. The number of carbonyl (C=O) groups excluding carboxylic acids is 1. The van der Waals surface area contributed by atoms with Crippen LogP contribution in [0.5, 0.6) is 5.75 Å². The van der Waals surface area contributed by atoms with E-state index in [4.69, 9.17) is 4.74 Å². The number of carbonyl (C=O) groups is 1. The third kappa shape index (κ3) is 6.77. The summed E-state index contributed by atoms with van der Waals surface area (Å²) in [5, 5.41) is 0. The lowest BCUT2D eigenvalue weighted by Crippen LogP contribution is -2.45. The van der Waals surface area contributed by atoms with Crippen LogP contribution in [0.2, 0.25) is 0 Å². The number of aromatic nitrogens is 2. The van der Waals surface area contributed by atoms with E-state index in [2.05, 4.69) is 42.6 Å². The third-order valence-corrected chi connectivity index (χ3v) is 4.29. The largest absolute Gasteiger partial charge is 0.422 e. The molecule has 2 rings (SSSR count). The molecule has 6 nitrogen and oxygen atoms in total. The third-order valence-electron chi connectivity index (χ3n) is 4.29. The zero-order valence-electron chi connectivity index (χ0n) is 17.5. The highest BCUT2D eigenvalue weighted by molar-refractivity contribution is 5.87. The summed E-state index contributed by atoms with van der Waals surface area (Å²) in [6, 6.07) is 11.7. The summed E-state index contributed by atoms with van der Waals surface area (Å²) in [6.07, 6.45) is -0.473. The SMILES string of the molecule is Cc1cc(C)nc(N(CCN(C(C)C)C(C)C)C(=O)Oc2ccccc2)n1.Cl. The van der Waals surface area contributed by atoms with E-state index in [0.717, 1.165) is 11.4 Å². The first-order chi connectivity index (χ1) is 12.8. The Morgan fingerprint density at radius 2 is 1.50 bits per heavy atom. The van der Waals surface area contributed by atoms with Crippen LogP contribution in [0.3, 0.4) is 0 Å². The number of ether oxygens (including phenoxy) is 1. The lowest BCUT2D eigenvalue weighted by molar-refractivity contribution is 0.174. The summed E-state index contributed by atoms with van der Waals surface area (Å²) in [5.41, 5.74) is 1.64. The van der Waals surface area contributed by atoms with E-state index in [9.17, 15) is 4.79 Å². The maximum absolute atomic E-state index is 12.9. The smallest absolute Gasteiger partial charge is 0.410 e. The summed E-state index contributed by atoms with van der Waals surface area (Å²) in [5.74, 6) is 0.877. The first-order valence-corrected chi connectivity index (χ1v) is 9.40. The molecule has 0 spiro atoms. The Morgan fingerprint density at radius 1 is 0.964 bits per heavy atom. The van der Waals surface area contributed by atoms with Crippen molar-refractivity contribution in [3.8, 4) is 5.75 Å². The topological polar surface area (TPSA) is 58.6 Å². The molecule has 0 aliphatic rings. The number of hydrogen-bond acceptors (Lipinski definition) is 5. The minimum atomic E-state index is -0.473. The average Bonchev–Trinajstić information content (AvgIpc) is 2.57. The number of para-hydroxylation sites is 1. The lowest BCUT2D eigenvalue weighted by Gasteiger charge is -2.32. The van der Waals surface area contributed by atoms with Gasteiger partial charge in [0, 0.05) is 36.6 Å². The summed E-state index contributed by atoms with van der Waals surface area (Å²) in [4.78, 5) is 25.7. The van der Waals surface area contributed by atoms with Crippen molar-refractivity contribution in [2.75, 3.05) is 18.0 Å². The molecule has 28 heavy (non-hydrogen) atoms. The fourth-order valence-corrected chi connectivity index (χ4v) is 3.07. The minimum absolute atomic E-state index is 0. The van der Waals surface area contributed by atoms with Gasteiger partial charge in [0.15, 0.2) is 0 Å². The molecular weight excluding hydrogens is 376 g/mol. The Labute approximate surface area is 174 Å². The molecule has 0 aliphatic carbocycles. The predicted molar refractivity (Wildman–Crippen MR) is 116 cm³/mol. The van der Waals surface area contributed by atoms with Gasteiger partial charge in [0.2, 0.25) is 5.95 Å². The number of aryl methyl sites for hydroxylation is 2. The molecule has 154 valence electrons. The van der Waals surface area contributed by atoms with E-state index in [1.807, 2.05) is 38.1 Å². The number of rotatable bonds is 7. The molecule has 0 saturated carbocycles. The van der Waals surface area contributed by atoms with Gasteiger partial charge < -0.3 is 4.74 Å². The van der Waals surface area contributed by atoms with Crippen LogP contribution in [0, 0.1) is 13.8 Å². The van der Waals surface area contributed by atoms with Crippen molar-refractivity contribution in [1.29, 1.82) is 0 Å². The van der Waals surface area contributed by atoms with Gasteiger partial charge in [-0.1, -0.05) is 18.2 Å². The van der Waals surface area contributed by atoms with E-state index >= 15 is 0 Å². The van der Waals surface area contributed by atoms with E-state index < -0.39 is 6.09 Å². The van der Waals surface area contributed by atoms with Crippen LogP contribution in [-0.4, -0.2) is 46.1 Å². The van der Waals surface area contributed by atoms with Crippen molar-refractivity contribution in [2.45, 2.75) is 53.6 Å². The molecule has 2 aromatic rings. The van der Waals surface area contributed by atoms with Crippen molar-refractivity contribution < 1.29 is 9.53 Å². The Kier molecular flexibility index (Phi) is 9.35. The van der Waals surface area contributed by atoms with Gasteiger partial charge in [-0.05, 0) is 59.7 Å². The monoisotopic (exact) mass is 406 g/mol. The average molecular weight is 407 g/mol. The van der Waals surface area contributed by atoms with Gasteiger partial charge in [-0.25, -0.2) is 19.7 Å². The van der Waals surface area contributed by atoms with Gasteiger partial charge in [-0.3, -0.25) is 4.90 Å². The second kappa shape index (κ2) is 11.0. The molecule has 0 fully saturated rings. The Balaban J connectivity index is 0.00000392. The van der Waals surface area contributed by atoms with Crippen LogP contribution in [0.15, 0.2) is 36.4 Å². The zero-order chi connectivity index (χ0) is 20.0. The van der Waals surface area contributed by atoms with Crippen molar-refractivity contribution in [3.63, 3.8) is 0 Å². The number of anilines is 1. The Hall–Kier alpha value is -2.18. The number of halogens is 1. The Morgan fingerprint density at radius 3 is 2.00 bits per heavy atom. The molecule has 0 atom stereocenters. The summed E-state index contributed by atoms with van der Waals surface area (Å²) in [6.45, 7) is 13.6. The van der Waals surface area contributed by atoms with Crippen LogP contribution in [0.4, 0.5) is 10.7 Å². The van der Waals surface area contributed by atoms with Gasteiger partial charge in [-0.15, -0.1) is 12.4 Å². The zero-order valence-corrected chi connectivity index (χ0v) is 18.4. The van der Waals surface area contributed by atoms with Gasteiger partial charge in [-0.2, -0.15) is 0 Å². The van der Waals surface area contributed by atoms with Crippen LogP contribution >= 0.6 is 12.4 Å². The molecule has 0 aliphatic heterocycles. The van der Waals surface area contributed by atoms with Gasteiger partial charge in [0.05, 0.1) is 0 Å². The van der Waals surface area contributed by atoms with Crippen LogP contribution in [-0.2, 0) is 0 Å². The first kappa shape index (κ1) is 23.9. The van der Waals surface area contributed by atoms with Crippen molar-refractivity contribution in [3.05, 3.63) is 47.8 Å². The van der Waals surface area contributed by atoms with E-state index in [0.29, 0.717) is 36.9 Å². The molecule has 0 N–H and O–H groups in total. The fourth-order valence-electron chi connectivity index (χ4n) is 3.07. The molecule has 0 unspecified atom stereocenters. The summed E-state index contributed by atoms with van der Waals surface area (Å²) in [7, 11) is 0. The molecule has 0 saturated heterocycles. The minimum Gasteiger partial charge on any atom is -0.410 e. The van der Waals surface area contributed by atoms with Gasteiger partial charge in [0.25, 0.3) is 0 Å². The molecule has 1 aromatic heterocycles. The molecular formula is C21H31ClN4O2. The standard InChI is InChI=1S/C21H30N4O2.ClH/c1-15(2)24(16(3)4)12-13-25(20-22-17(5)14-18(6)23-20)21(26)27-19-10-8-7-9-11-19;/h7-11,14-16H,12-13H2,1-6H3;1H. The number of hydrogen-bond donors (Lipinski definition) is 0. The van der Waals surface area contributed by atoms with E-state index in [1.54, 1.807) is 12.1 Å². The van der Waals surface area contributed by atoms with Crippen molar-refractivity contribution >= 4 is 24.4 Å². The summed E-state index contributed by atoms with van der Waals surface area (Å²) >= 11 is 0. The van der Waals surface area contributed by atoms with E-state index in [-0.39, 0.29) is 12.4 Å². The highest BCUT2D eigenvalue weighted by Crippen LogP contribution is 2.16. The number of benzene rings is 1. The second-order valence-electron chi connectivity index (χ2n) is 7.21. The number of nitrogens with zero attached hydrogens (tertiary/aromatic N) is 4. The summed E-state index contributed by atoms with van der Waals surface area (Å²) < 4.78 is 5.55. The molecule has 1 amide bonds. The molecule has 7 heteroatoms. The van der Waals surface area contributed by atoms with Crippen molar-refractivity contribution in [1.82, 2.24) is 14.9 Å². The van der Waals surface area contributed by atoms with Crippen LogP contribution in [0.1, 0.15) is 39.1 Å². The van der Waals surface area contributed by atoms with Crippen molar-refractivity contribution in [2.24, 2.45) is 0 Å². The predicted octanol–water partition coefficient (Wildman–Crippen LogP) is 4.64.